The maximum Gasteiger partial charge on any atom is 0.282 e. The Bertz CT molecular complexity index is 934. The van der Waals surface area contributed by atoms with Crippen molar-refractivity contribution in [3.8, 4) is 0 Å². The maximum absolute atomic E-state index is 13.5. The van der Waals surface area contributed by atoms with Crippen molar-refractivity contribution in [1.29, 1.82) is 0 Å². The summed E-state index contributed by atoms with van der Waals surface area (Å²) in [6, 6.07) is 11.6. The fourth-order valence-electron chi connectivity index (χ4n) is 4.30. The lowest BCUT2D eigenvalue weighted by Gasteiger charge is -2.34. The molecule has 0 saturated carbocycles. The summed E-state index contributed by atoms with van der Waals surface area (Å²) in [6.45, 7) is 3.59. The first kappa shape index (κ1) is 20.8. The molecule has 158 valence electrons. The average molecular weight is 425 g/mol. The van der Waals surface area contributed by atoms with E-state index < -0.39 is 0 Å². The van der Waals surface area contributed by atoms with Crippen LogP contribution in [0, 0.1) is 5.92 Å². The van der Waals surface area contributed by atoms with Gasteiger partial charge in [-0.3, -0.25) is 9.59 Å². The van der Waals surface area contributed by atoms with Crippen molar-refractivity contribution in [2.24, 2.45) is 5.92 Å². The summed E-state index contributed by atoms with van der Waals surface area (Å²) in [5.41, 5.74) is 2.80. The predicted octanol–water partition coefficient (Wildman–Crippen LogP) is 4.08. The highest BCUT2D eigenvalue weighted by atomic mass is 32.1. The van der Waals surface area contributed by atoms with Gasteiger partial charge in [-0.1, -0.05) is 31.5 Å². The van der Waals surface area contributed by atoms with E-state index >= 15 is 0 Å². The molecule has 1 saturated heterocycles. The normalized spacial score (nSPS) is 19.9. The number of aliphatic hydroxyl groups is 1. The van der Waals surface area contributed by atoms with Crippen LogP contribution in [-0.2, 0) is 16.0 Å². The summed E-state index contributed by atoms with van der Waals surface area (Å²) in [6.07, 6.45) is 5.10. The van der Waals surface area contributed by atoms with Gasteiger partial charge in [-0.15, -0.1) is 11.3 Å². The summed E-state index contributed by atoms with van der Waals surface area (Å²) in [5, 5.41) is 11.6. The molecule has 1 atom stereocenters. The Labute approximate surface area is 181 Å². The van der Waals surface area contributed by atoms with E-state index in [2.05, 4.69) is 6.92 Å². The first-order valence-corrected chi connectivity index (χ1v) is 11.6. The van der Waals surface area contributed by atoms with E-state index in [1.807, 2.05) is 46.7 Å². The van der Waals surface area contributed by atoms with Crippen LogP contribution in [0.25, 0.3) is 5.57 Å². The van der Waals surface area contributed by atoms with Crippen molar-refractivity contribution in [2.45, 2.75) is 39.0 Å². The Hall–Kier alpha value is -2.44. The number of unbranched alkanes of at least 4 members (excludes halogenated alkanes) is 1. The van der Waals surface area contributed by atoms with E-state index in [0.29, 0.717) is 23.5 Å². The number of hydrogen-bond donors (Lipinski definition) is 1. The third-order valence-corrected chi connectivity index (χ3v) is 6.82. The van der Waals surface area contributed by atoms with Crippen molar-refractivity contribution in [3.63, 3.8) is 0 Å². The quantitative estimate of drug-likeness (QED) is 0.681. The Morgan fingerprint density at radius 2 is 1.93 bits per heavy atom. The summed E-state index contributed by atoms with van der Waals surface area (Å²) in [7, 11) is 0. The second-order valence-electron chi connectivity index (χ2n) is 8.05. The van der Waals surface area contributed by atoms with Gasteiger partial charge in [0.1, 0.15) is 5.70 Å². The first-order chi connectivity index (χ1) is 14.6. The van der Waals surface area contributed by atoms with Crippen LogP contribution in [-0.4, -0.2) is 41.5 Å². The molecule has 2 amide bonds. The number of aryl methyl sites for hydroxylation is 1. The smallest absolute Gasteiger partial charge is 0.282 e. The molecule has 1 fully saturated rings. The van der Waals surface area contributed by atoms with Gasteiger partial charge in [0.25, 0.3) is 11.8 Å². The standard InChI is InChI=1S/C24H28N2O3S/c1-2-3-6-17-9-11-19(12-10-17)26-23(28)21(20-8-5-14-30-20)22(24(26)29)25-13-4-7-18(15-25)16-27/h5,8-12,14,18,27H,2-4,6-7,13,15-16H2,1H3. The zero-order chi connectivity index (χ0) is 21.1. The maximum atomic E-state index is 13.5. The Kier molecular flexibility index (Phi) is 6.35. The molecule has 0 spiro atoms. The first-order valence-electron chi connectivity index (χ1n) is 10.8. The lowest BCUT2D eigenvalue weighted by atomic mass is 9.98. The Morgan fingerprint density at radius 3 is 2.60 bits per heavy atom. The molecule has 30 heavy (non-hydrogen) atoms. The van der Waals surface area contributed by atoms with Crippen LogP contribution in [0.2, 0.25) is 0 Å². The van der Waals surface area contributed by atoms with Crippen LogP contribution in [0.15, 0.2) is 47.5 Å². The molecule has 0 bridgehead atoms. The minimum absolute atomic E-state index is 0.100. The fraction of sp³-hybridized carbons (Fsp3) is 0.417. The van der Waals surface area contributed by atoms with E-state index in [4.69, 9.17) is 0 Å². The summed E-state index contributed by atoms with van der Waals surface area (Å²) < 4.78 is 0. The molecule has 1 aromatic heterocycles. The third-order valence-electron chi connectivity index (χ3n) is 5.93. The van der Waals surface area contributed by atoms with Crippen molar-refractivity contribution in [2.75, 3.05) is 24.6 Å². The fourth-order valence-corrected chi connectivity index (χ4v) is 5.06. The minimum atomic E-state index is -0.261. The third kappa shape index (κ3) is 3.94. The molecule has 1 N–H and O–H groups in total. The molecule has 2 aliphatic heterocycles. The van der Waals surface area contributed by atoms with Crippen LogP contribution in [0.1, 0.15) is 43.0 Å². The molecule has 2 aliphatic rings. The zero-order valence-electron chi connectivity index (χ0n) is 17.3. The highest BCUT2D eigenvalue weighted by Crippen LogP contribution is 2.38. The Balaban J connectivity index is 1.68. The highest BCUT2D eigenvalue weighted by Gasteiger charge is 2.43. The molecule has 3 heterocycles. The van der Waals surface area contributed by atoms with Crippen LogP contribution in [0.4, 0.5) is 5.69 Å². The molecule has 1 aromatic carbocycles. The van der Waals surface area contributed by atoms with E-state index in [1.54, 1.807) is 0 Å². The van der Waals surface area contributed by atoms with E-state index in [9.17, 15) is 14.7 Å². The van der Waals surface area contributed by atoms with Crippen LogP contribution >= 0.6 is 11.3 Å². The number of piperidine rings is 1. The zero-order valence-corrected chi connectivity index (χ0v) is 18.2. The SMILES string of the molecule is CCCCc1ccc(N2C(=O)C(c3cccs3)=C(N3CCCC(CO)C3)C2=O)cc1. The number of rotatable bonds is 7. The summed E-state index contributed by atoms with van der Waals surface area (Å²) in [5.74, 6) is -0.390. The van der Waals surface area contributed by atoms with Gasteiger partial charge in [0.05, 0.1) is 11.3 Å². The van der Waals surface area contributed by atoms with Gasteiger partial charge in [-0.2, -0.15) is 0 Å². The number of carbonyl (C=O) groups is 2. The number of amides is 2. The molecule has 0 aliphatic carbocycles. The molecular formula is C24H28N2O3S. The molecular weight excluding hydrogens is 396 g/mol. The number of carbonyl (C=O) groups excluding carboxylic acids is 2. The molecule has 1 unspecified atom stereocenters. The minimum Gasteiger partial charge on any atom is -0.396 e. The number of imide groups is 1. The largest absolute Gasteiger partial charge is 0.396 e. The van der Waals surface area contributed by atoms with Crippen LogP contribution < -0.4 is 4.90 Å². The lowest BCUT2D eigenvalue weighted by Crippen LogP contribution is -2.40. The van der Waals surface area contributed by atoms with E-state index in [1.165, 1.54) is 21.8 Å². The number of hydrogen-bond acceptors (Lipinski definition) is 5. The number of aliphatic hydroxyl groups excluding tert-OH is 1. The molecule has 5 nitrogen and oxygen atoms in total. The van der Waals surface area contributed by atoms with Crippen molar-refractivity contribution < 1.29 is 14.7 Å². The van der Waals surface area contributed by atoms with E-state index in [-0.39, 0.29) is 24.3 Å². The second kappa shape index (κ2) is 9.14. The van der Waals surface area contributed by atoms with Crippen molar-refractivity contribution in [1.82, 2.24) is 4.90 Å². The van der Waals surface area contributed by atoms with Crippen LogP contribution in [0.5, 0.6) is 0 Å². The van der Waals surface area contributed by atoms with Crippen molar-refractivity contribution in [3.05, 3.63) is 57.9 Å². The summed E-state index contributed by atoms with van der Waals surface area (Å²) in [4.78, 5) is 31.1. The number of thiophene rings is 1. The van der Waals surface area contributed by atoms with Gasteiger partial charge < -0.3 is 10.0 Å². The lowest BCUT2D eigenvalue weighted by molar-refractivity contribution is -0.120. The number of benzene rings is 1. The molecule has 2 aromatic rings. The van der Waals surface area contributed by atoms with E-state index in [0.717, 1.165) is 43.5 Å². The van der Waals surface area contributed by atoms with Gasteiger partial charge in [-0.25, -0.2) is 4.90 Å². The molecule has 0 radical (unpaired) electrons. The number of nitrogens with zero attached hydrogens (tertiary/aromatic N) is 2. The van der Waals surface area contributed by atoms with Crippen LogP contribution in [0.3, 0.4) is 0 Å². The van der Waals surface area contributed by atoms with Gasteiger partial charge in [0.2, 0.25) is 0 Å². The number of likely N-dealkylation sites (tertiary alicyclic amines) is 1. The van der Waals surface area contributed by atoms with Gasteiger partial charge in [-0.05, 0) is 60.7 Å². The van der Waals surface area contributed by atoms with Gasteiger partial charge in [0.15, 0.2) is 0 Å². The Morgan fingerprint density at radius 1 is 1.13 bits per heavy atom. The monoisotopic (exact) mass is 424 g/mol. The average Bonchev–Trinajstić information content (AvgIpc) is 3.39. The van der Waals surface area contributed by atoms with Gasteiger partial charge >= 0.3 is 0 Å². The summed E-state index contributed by atoms with van der Waals surface area (Å²) >= 11 is 1.48. The topological polar surface area (TPSA) is 60.9 Å². The second-order valence-corrected chi connectivity index (χ2v) is 9.00. The molecule has 4 rings (SSSR count). The molecule has 6 heteroatoms. The number of anilines is 1. The highest BCUT2D eigenvalue weighted by molar-refractivity contribution is 7.11. The van der Waals surface area contributed by atoms with Crippen molar-refractivity contribution >= 4 is 34.4 Å². The predicted molar refractivity (Wildman–Crippen MR) is 120 cm³/mol. The van der Waals surface area contributed by atoms with Gasteiger partial charge in [0, 0.05) is 24.6 Å².